The zero-order valence-electron chi connectivity index (χ0n) is 24.9. The molecule has 43 heavy (non-hydrogen) atoms. The van der Waals surface area contributed by atoms with E-state index in [1.54, 1.807) is 31.2 Å². The summed E-state index contributed by atoms with van der Waals surface area (Å²) in [6.45, 7) is 5.67. The minimum absolute atomic E-state index is 0.103. The van der Waals surface area contributed by atoms with Crippen molar-refractivity contribution in [2.75, 3.05) is 13.2 Å². The molecule has 3 N–H and O–H groups in total. The largest absolute Gasteiger partial charge is 0.549 e. The summed E-state index contributed by atoms with van der Waals surface area (Å²) >= 11 is 0. The Balaban J connectivity index is 1.56. The molecule has 0 aromatic heterocycles. The standard InChI is InChI=1S/C33H39N2O7P/c1-22(2)19-28(35-33(17-8-9-18-41-33)26-15-10-13-24-12-5-6-14-25(24)26)32(39)34-27(20-31(37)38)29(36)21-42-43(40)30-16-7-4-11-23(30)3/h4-7,10-16,22,27-28,35H,8-9,17-21H2,1-3H3,(H-,34,37,38,39)/p+1/t27-,28-,33?/m0/s1. The van der Waals surface area contributed by atoms with E-state index in [4.69, 9.17) is 9.26 Å². The van der Waals surface area contributed by atoms with Crippen LogP contribution in [0.2, 0.25) is 0 Å². The van der Waals surface area contributed by atoms with Crippen LogP contribution in [0.4, 0.5) is 0 Å². The molecule has 228 valence electrons. The number of ketones is 1. The molecule has 0 bridgehead atoms. The van der Waals surface area contributed by atoms with Crippen molar-refractivity contribution >= 4 is 41.8 Å². The van der Waals surface area contributed by atoms with Crippen molar-refractivity contribution < 1.29 is 33.3 Å². The highest BCUT2D eigenvalue weighted by Gasteiger charge is 2.41. The number of carbonyl (C=O) groups is 3. The number of amides is 1. The molecule has 0 aliphatic carbocycles. The molecule has 4 atom stereocenters. The number of carboxylic acids is 1. The molecule has 4 rings (SSSR count). The number of ether oxygens (including phenoxy) is 1. The molecule has 2 unspecified atom stereocenters. The van der Waals surface area contributed by atoms with Crippen molar-refractivity contribution in [3.8, 4) is 0 Å². The first-order chi connectivity index (χ1) is 20.6. The highest BCUT2D eigenvalue weighted by molar-refractivity contribution is 7.48. The van der Waals surface area contributed by atoms with E-state index < -0.39 is 56.5 Å². The second-order valence-corrected chi connectivity index (χ2v) is 12.7. The van der Waals surface area contributed by atoms with Crippen LogP contribution in [-0.2, 0) is 33.9 Å². The fourth-order valence-corrected chi connectivity index (χ4v) is 6.47. The number of aryl methyl sites for hydroxylation is 1. The van der Waals surface area contributed by atoms with Crippen molar-refractivity contribution in [1.29, 1.82) is 0 Å². The van der Waals surface area contributed by atoms with E-state index in [2.05, 4.69) is 10.6 Å². The summed E-state index contributed by atoms with van der Waals surface area (Å²) in [5, 5.41) is 18.2. The molecule has 0 spiro atoms. The lowest BCUT2D eigenvalue weighted by atomic mass is 9.88. The number of hydrogen-bond acceptors (Lipinski definition) is 7. The van der Waals surface area contributed by atoms with Gasteiger partial charge in [-0.25, -0.2) is 0 Å². The van der Waals surface area contributed by atoms with Crippen molar-refractivity contribution in [3.63, 3.8) is 0 Å². The minimum Gasteiger partial charge on any atom is -0.481 e. The Labute approximate surface area is 253 Å². The topological polar surface area (TPSA) is 131 Å². The average molecular weight is 608 g/mol. The SMILES string of the molecule is Cc1ccccc1[P+](=O)OCC(=O)[C@H](CC(=O)O)NC(=O)[C@H](CC(C)C)NC1(c2cccc3ccccc23)CCCCO1. The number of carboxylic acid groups (broad SMARTS) is 1. The van der Waals surface area contributed by atoms with Gasteiger partial charge >= 0.3 is 14.0 Å². The Kier molecular flexibility index (Phi) is 11.2. The first-order valence-electron chi connectivity index (χ1n) is 14.7. The minimum atomic E-state index is -2.34. The van der Waals surface area contributed by atoms with Gasteiger partial charge in [-0.3, -0.25) is 19.7 Å². The van der Waals surface area contributed by atoms with Crippen molar-refractivity contribution in [2.24, 2.45) is 5.92 Å². The highest BCUT2D eigenvalue weighted by Crippen LogP contribution is 2.37. The van der Waals surface area contributed by atoms with E-state index in [1.165, 1.54) is 0 Å². The molecular weight excluding hydrogens is 567 g/mol. The first kappa shape index (κ1) is 32.4. The van der Waals surface area contributed by atoms with Crippen molar-refractivity contribution in [1.82, 2.24) is 10.6 Å². The molecular formula is C33H40N2O7P+. The van der Waals surface area contributed by atoms with E-state index in [0.29, 0.717) is 24.8 Å². The van der Waals surface area contributed by atoms with E-state index in [0.717, 1.165) is 34.7 Å². The molecule has 0 radical (unpaired) electrons. The molecule has 1 saturated heterocycles. The van der Waals surface area contributed by atoms with Crippen LogP contribution in [0, 0.1) is 12.8 Å². The number of benzene rings is 3. The van der Waals surface area contributed by atoms with Crippen LogP contribution < -0.4 is 15.9 Å². The Morgan fingerprint density at radius 3 is 2.42 bits per heavy atom. The molecule has 9 nitrogen and oxygen atoms in total. The summed E-state index contributed by atoms with van der Waals surface area (Å²) in [4.78, 5) is 38.6. The fraction of sp³-hybridized carbons (Fsp3) is 0.424. The van der Waals surface area contributed by atoms with Gasteiger partial charge in [0.25, 0.3) is 0 Å². The third-order valence-electron chi connectivity index (χ3n) is 7.65. The van der Waals surface area contributed by atoms with Crippen LogP contribution in [0.3, 0.4) is 0 Å². The van der Waals surface area contributed by atoms with E-state index >= 15 is 0 Å². The van der Waals surface area contributed by atoms with Gasteiger partial charge in [0.15, 0.2) is 12.4 Å². The molecule has 3 aromatic carbocycles. The summed E-state index contributed by atoms with van der Waals surface area (Å²) in [7, 11) is -2.34. The number of nitrogens with one attached hydrogen (secondary N) is 2. The van der Waals surface area contributed by atoms with E-state index in [1.807, 2.05) is 56.3 Å². The van der Waals surface area contributed by atoms with Gasteiger partial charge in [-0.1, -0.05) is 74.5 Å². The number of rotatable bonds is 14. The Morgan fingerprint density at radius 1 is 1.00 bits per heavy atom. The smallest absolute Gasteiger partial charge is 0.481 e. The maximum atomic E-state index is 13.8. The van der Waals surface area contributed by atoms with Crippen molar-refractivity contribution in [2.45, 2.75) is 70.7 Å². The van der Waals surface area contributed by atoms with Gasteiger partial charge < -0.3 is 15.2 Å². The van der Waals surface area contributed by atoms with Crippen LogP contribution in [-0.4, -0.2) is 48.1 Å². The predicted octanol–water partition coefficient (Wildman–Crippen LogP) is 5.12. The van der Waals surface area contributed by atoms with Crippen LogP contribution >= 0.6 is 8.03 Å². The van der Waals surface area contributed by atoms with Gasteiger partial charge in [0, 0.05) is 17.7 Å². The highest BCUT2D eigenvalue weighted by atomic mass is 31.1. The van der Waals surface area contributed by atoms with E-state index in [9.17, 15) is 24.1 Å². The number of carbonyl (C=O) groups excluding carboxylic acids is 2. The molecule has 0 saturated carbocycles. The van der Waals surface area contributed by atoms with Crippen LogP contribution in [0.15, 0.2) is 66.7 Å². The number of aliphatic carboxylic acids is 1. The molecule has 1 aliphatic heterocycles. The molecule has 1 aliphatic rings. The normalized spacial score (nSPS) is 18.7. The average Bonchev–Trinajstić information content (AvgIpc) is 2.99. The summed E-state index contributed by atoms with van der Waals surface area (Å²) < 4.78 is 24.5. The molecule has 1 amide bonds. The maximum Gasteiger partial charge on any atom is 0.549 e. The lowest BCUT2D eigenvalue weighted by molar-refractivity contribution is -0.142. The summed E-state index contributed by atoms with van der Waals surface area (Å²) in [5.41, 5.74) is 0.731. The second kappa shape index (κ2) is 14.8. The van der Waals surface area contributed by atoms with Gasteiger partial charge in [-0.2, -0.15) is 0 Å². The Hall–Kier alpha value is -3.49. The fourth-order valence-electron chi connectivity index (χ4n) is 5.51. The molecule has 3 aromatic rings. The molecule has 10 heteroatoms. The molecule has 1 fully saturated rings. The maximum absolute atomic E-state index is 13.8. The zero-order chi connectivity index (χ0) is 31.0. The van der Waals surface area contributed by atoms with Gasteiger partial charge in [0.1, 0.15) is 11.8 Å². The lowest BCUT2D eigenvalue weighted by Crippen LogP contribution is -2.58. The third kappa shape index (κ3) is 8.33. The predicted molar refractivity (Wildman–Crippen MR) is 165 cm³/mol. The van der Waals surface area contributed by atoms with Gasteiger partial charge in [-0.05, 0) is 59.9 Å². The number of Topliss-reactive ketones (excluding diaryl/α,β-unsaturated/α-hetero) is 1. The quantitative estimate of drug-likeness (QED) is 0.215. The summed E-state index contributed by atoms with van der Waals surface area (Å²) in [6, 6.07) is 18.8. The monoisotopic (exact) mass is 607 g/mol. The molecule has 1 heterocycles. The van der Waals surface area contributed by atoms with Gasteiger partial charge in [-0.15, -0.1) is 4.52 Å². The van der Waals surface area contributed by atoms with Crippen LogP contribution in [0.1, 0.15) is 57.1 Å². The Morgan fingerprint density at radius 2 is 1.72 bits per heavy atom. The summed E-state index contributed by atoms with van der Waals surface area (Å²) in [6.07, 6.45) is 2.22. The van der Waals surface area contributed by atoms with Crippen LogP contribution in [0.25, 0.3) is 10.8 Å². The van der Waals surface area contributed by atoms with Crippen LogP contribution in [0.5, 0.6) is 0 Å². The van der Waals surface area contributed by atoms with E-state index in [-0.39, 0.29) is 5.92 Å². The second-order valence-electron chi connectivity index (χ2n) is 11.4. The lowest BCUT2D eigenvalue weighted by Gasteiger charge is -2.42. The van der Waals surface area contributed by atoms with Gasteiger partial charge in [0.2, 0.25) is 11.2 Å². The number of hydrogen-bond donors (Lipinski definition) is 3. The third-order valence-corrected chi connectivity index (χ3v) is 8.91. The Bertz CT molecular complexity index is 1460. The summed E-state index contributed by atoms with van der Waals surface area (Å²) in [5.74, 6) is -2.33. The van der Waals surface area contributed by atoms with Crippen molar-refractivity contribution in [3.05, 3.63) is 77.9 Å². The first-order valence-corrected chi connectivity index (χ1v) is 15.9. The number of fused-ring (bicyclic) bond motifs is 1. The zero-order valence-corrected chi connectivity index (χ0v) is 25.8. The van der Waals surface area contributed by atoms with Gasteiger partial charge in [0.05, 0.1) is 12.5 Å².